The molecule has 0 atom stereocenters. The smallest absolute Gasteiger partial charge is 0.370 e. The molecule has 0 radical (unpaired) electrons. The monoisotopic (exact) mass is 360 g/mol. The Morgan fingerprint density at radius 1 is 1.33 bits per heavy atom. The number of carbonyl (C=O) groups excluding carboxylic acids is 2. The molecule has 2 rings (SSSR count). The average molecular weight is 361 g/mol. The number of amides is 2. The summed E-state index contributed by atoms with van der Waals surface area (Å²) in [6.07, 6.45) is 0.0428. The van der Waals surface area contributed by atoms with Crippen molar-refractivity contribution in [2.24, 2.45) is 5.73 Å². The van der Waals surface area contributed by atoms with Crippen LogP contribution in [0.4, 0.5) is 13.2 Å². The van der Waals surface area contributed by atoms with Crippen molar-refractivity contribution in [3.05, 3.63) is 40.4 Å². The fourth-order valence-electron chi connectivity index (χ4n) is 2.62. The van der Waals surface area contributed by atoms with Crippen molar-refractivity contribution in [1.82, 2.24) is 5.32 Å². The van der Waals surface area contributed by atoms with Crippen molar-refractivity contribution in [3.8, 4) is 0 Å². The normalized spacial score (nSPS) is 16.7. The predicted molar refractivity (Wildman–Crippen MR) is 84.0 cm³/mol. The number of nitrogens with two attached hydrogens (primary N) is 1. The van der Waals surface area contributed by atoms with Crippen LogP contribution in [0.3, 0.4) is 0 Å². The summed E-state index contributed by atoms with van der Waals surface area (Å²) in [6.45, 7) is 0. The summed E-state index contributed by atoms with van der Waals surface area (Å²) < 4.78 is 38.4. The summed E-state index contributed by atoms with van der Waals surface area (Å²) >= 11 is 5.54. The summed E-state index contributed by atoms with van der Waals surface area (Å²) in [5.41, 5.74) is 3.77. The second kappa shape index (κ2) is 6.84. The van der Waals surface area contributed by atoms with E-state index in [1.807, 2.05) is 0 Å². The van der Waals surface area contributed by atoms with Crippen LogP contribution in [0, 0.1) is 0 Å². The maximum Gasteiger partial charge on any atom is 0.417 e. The lowest BCUT2D eigenvalue weighted by molar-refractivity contribution is -0.137. The van der Waals surface area contributed by atoms with Gasteiger partial charge in [0.05, 0.1) is 10.6 Å². The number of alkyl halides is 3. The number of rotatable bonds is 5. The molecule has 2 amide bonds. The van der Waals surface area contributed by atoms with Gasteiger partial charge in [-0.3, -0.25) is 9.59 Å². The Kier molecular flexibility index (Phi) is 5.22. The van der Waals surface area contributed by atoms with Crippen LogP contribution in [-0.2, 0) is 15.8 Å². The molecule has 1 aliphatic rings. The summed E-state index contributed by atoms with van der Waals surface area (Å²) in [5, 5.41) is 2.31. The third kappa shape index (κ3) is 4.50. The summed E-state index contributed by atoms with van der Waals surface area (Å²) in [6, 6.07) is 3.38. The van der Waals surface area contributed by atoms with Crippen LogP contribution in [0.15, 0.2) is 24.3 Å². The van der Waals surface area contributed by atoms with Crippen LogP contribution in [0.25, 0.3) is 6.08 Å². The number of carbonyl (C=O) groups is 2. The second-order valence-corrected chi connectivity index (χ2v) is 6.24. The van der Waals surface area contributed by atoms with Gasteiger partial charge in [-0.1, -0.05) is 17.7 Å². The number of primary amides is 1. The molecule has 4 nitrogen and oxygen atoms in total. The molecule has 0 unspecified atom stereocenters. The highest BCUT2D eigenvalue weighted by Gasteiger charge is 2.39. The van der Waals surface area contributed by atoms with Gasteiger partial charge in [0.15, 0.2) is 0 Å². The first kappa shape index (κ1) is 18.3. The molecule has 24 heavy (non-hydrogen) atoms. The quantitative estimate of drug-likeness (QED) is 0.791. The number of nitrogens with one attached hydrogen (secondary N) is 1. The van der Waals surface area contributed by atoms with Gasteiger partial charge in [0.2, 0.25) is 11.8 Å². The first-order valence-electron chi connectivity index (χ1n) is 7.27. The molecule has 0 bridgehead atoms. The number of benzene rings is 1. The molecular weight excluding hydrogens is 345 g/mol. The van der Waals surface area contributed by atoms with Gasteiger partial charge in [0.25, 0.3) is 0 Å². The van der Waals surface area contributed by atoms with Crippen LogP contribution in [0.5, 0.6) is 0 Å². The Morgan fingerprint density at radius 3 is 2.50 bits per heavy atom. The van der Waals surface area contributed by atoms with Gasteiger partial charge in [-0.05, 0) is 43.0 Å². The van der Waals surface area contributed by atoms with Gasteiger partial charge in [-0.15, -0.1) is 0 Å². The Morgan fingerprint density at radius 2 is 2.00 bits per heavy atom. The number of hydrogen-bond acceptors (Lipinski definition) is 2. The average Bonchev–Trinajstić information content (AvgIpc) is 2.42. The van der Waals surface area contributed by atoms with Gasteiger partial charge in [-0.2, -0.15) is 13.2 Å². The Balaban J connectivity index is 2.08. The van der Waals surface area contributed by atoms with Gasteiger partial charge in [0, 0.05) is 18.0 Å². The Hall–Kier alpha value is -2.02. The largest absolute Gasteiger partial charge is 0.417 e. The van der Waals surface area contributed by atoms with E-state index in [-0.39, 0.29) is 12.0 Å². The van der Waals surface area contributed by atoms with Crippen LogP contribution in [-0.4, -0.2) is 17.4 Å². The summed E-state index contributed by atoms with van der Waals surface area (Å²) in [5.74, 6) is -0.994. The molecule has 8 heteroatoms. The maximum atomic E-state index is 12.8. The van der Waals surface area contributed by atoms with Crippen LogP contribution >= 0.6 is 11.6 Å². The Bertz CT molecular complexity index is 682. The molecular formula is C16H16ClF3N2O2. The number of halogens is 4. The third-order valence-corrected chi connectivity index (χ3v) is 4.26. The molecule has 3 N–H and O–H groups in total. The molecule has 0 spiro atoms. The minimum atomic E-state index is -4.57. The first-order valence-corrected chi connectivity index (χ1v) is 7.64. The maximum absolute atomic E-state index is 12.8. The van der Waals surface area contributed by atoms with Gasteiger partial charge in [-0.25, -0.2) is 0 Å². The standard InChI is InChI=1S/C16H16ClF3N2O2/c17-12-4-2-10(8-11(12)16(18,19)20)3-5-14(24)22-15(6-1-7-15)9-13(21)23/h2-5,8H,1,6-7,9H2,(H2,21,23)(H,22,24)/b5-3+. The van der Waals surface area contributed by atoms with Gasteiger partial charge < -0.3 is 11.1 Å². The number of hydrogen-bond donors (Lipinski definition) is 2. The molecule has 1 fully saturated rings. The summed E-state index contributed by atoms with van der Waals surface area (Å²) in [7, 11) is 0. The van der Waals surface area contributed by atoms with Gasteiger partial charge >= 0.3 is 6.18 Å². The summed E-state index contributed by atoms with van der Waals surface area (Å²) in [4.78, 5) is 23.0. The lowest BCUT2D eigenvalue weighted by Crippen LogP contribution is -2.55. The molecule has 1 saturated carbocycles. The van der Waals surface area contributed by atoms with E-state index in [4.69, 9.17) is 17.3 Å². The molecule has 0 heterocycles. The second-order valence-electron chi connectivity index (χ2n) is 5.84. The van der Waals surface area contributed by atoms with Crippen molar-refractivity contribution < 1.29 is 22.8 Å². The SMILES string of the molecule is NC(=O)CC1(NC(=O)/C=C/c2ccc(Cl)c(C(F)(F)F)c2)CCC1. The molecule has 0 aromatic heterocycles. The van der Waals surface area contributed by atoms with Crippen molar-refractivity contribution in [2.75, 3.05) is 0 Å². The third-order valence-electron chi connectivity index (χ3n) is 3.93. The van der Waals surface area contributed by atoms with E-state index in [0.29, 0.717) is 12.8 Å². The zero-order chi connectivity index (χ0) is 18.0. The van der Waals surface area contributed by atoms with Crippen molar-refractivity contribution in [2.45, 2.75) is 37.4 Å². The van der Waals surface area contributed by atoms with E-state index in [2.05, 4.69) is 5.32 Å². The van der Waals surface area contributed by atoms with E-state index in [1.165, 1.54) is 12.1 Å². The lowest BCUT2D eigenvalue weighted by atomic mass is 9.74. The van der Waals surface area contributed by atoms with E-state index >= 15 is 0 Å². The zero-order valence-corrected chi connectivity index (χ0v) is 13.4. The highest BCUT2D eigenvalue weighted by molar-refractivity contribution is 6.31. The van der Waals surface area contributed by atoms with Gasteiger partial charge in [0.1, 0.15) is 0 Å². The lowest BCUT2D eigenvalue weighted by Gasteiger charge is -2.41. The van der Waals surface area contributed by atoms with Crippen molar-refractivity contribution in [3.63, 3.8) is 0 Å². The van der Waals surface area contributed by atoms with Crippen LogP contribution in [0.1, 0.15) is 36.8 Å². The fraction of sp³-hybridized carbons (Fsp3) is 0.375. The zero-order valence-electron chi connectivity index (χ0n) is 12.6. The molecule has 0 saturated heterocycles. The van der Waals surface area contributed by atoms with Crippen LogP contribution in [0.2, 0.25) is 5.02 Å². The minimum absolute atomic E-state index is 0.0474. The fourth-order valence-corrected chi connectivity index (χ4v) is 2.85. The first-order chi connectivity index (χ1) is 11.1. The van der Waals surface area contributed by atoms with E-state index in [1.54, 1.807) is 0 Å². The van der Waals surface area contributed by atoms with E-state index in [0.717, 1.165) is 24.6 Å². The molecule has 1 aromatic rings. The van der Waals surface area contributed by atoms with Crippen molar-refractivity contribution in [1.29, 1.82) is 0 Å². The predicted octanol–water partition coefficient (Wildman–Crippen LogP) is 3.29. The molecule has 1 aliphatic carbocycles. The topological polar surface area (TPSA) is 72.2 Å². The Labute approximate surface area is 141 Å². The van der Waals surface area contributed by atoms with E-state index in [9.17, 15) is 22.8 Å². The highest BCUT2D eigenvalue weighted by atomic mass is 35.5. The minimum Gasteiger partial charge on any atom is -0.370 e. The highest BCUT2D eigenvalue weighted by Crippen LogP contribution is 2.36. The molecule has 0 aliphatic heterocycles. The molecule has 130 valence electrons. The molecule has 1 aromatic carbocycles. The van der Waals surface area contributed by atoms with E-state index < -0.39 is 34.1 Å². The van der Waals surface area contributed by atoms with Crippen LogP contribution < -0.4 is 11.1 Å². The van der Waals surface area contributed by atoms with Crippen molar-refractivity contribution >= 4 is 29.5 Å².